The zero-order chi connectivity index (χ0) is 22.5. The van der Waals surface area contributed by atoms with Crippen LogP contribution in [0.15, 0.2) is 23.0 Å². The molecule has 7 nitrogen and oxygen atoms in total. The van der Waals surface area contributed by atoms with Crippen molar-refractivity contribution >= 4 is 39.1 Å². The first-order valence-electron chi connectivity index (χ1n) is 11.5. The van der Waals surface area contributed by atoms with Crippen LogP contribution in [0.5, 0.6) is 5.75 Å². The fourth-order valence-electron chi connectivity index (χ4n) is 5.18. The number of benzene rings is 1. The van der Waals surface area contributed by atoms with Crippen LogP contribution in [0.2, 0.25) is 5.02 Å². The number of piperazine rings is 1. The van der Waals surface area contributed by atoms with E-state index >= 15 is 0 Å². The number of halogens is 1. The van der Waals surface area contributed by atoms with E-state index in [0.717, 1.165) is 53.9 Å². The van der Waals surface area contributed by atoms with Crippen molar-refractivity contribution in [1.29, 1.82) is 0 Å². The zero-order valence-corrected chi connectivity index (χ0v) is 19.8. The second-order valence-electron chi connectivity index (χ2n) is 9.07. The van der Waals surface area contributed by atoms with Gasteiger partial charge in [-0.2, -0.15) is 0 Å². The molecule has 2 aliphatic heterocycles. The van der Waals surface area contributed by atoms with Crippen LogP contribution in [0.3, 0.4) is 0 Å². The molecule has 4 heterocycles. The second-order valence-corrected chi connectivity index (χ2v) is 10.6. The van der Waals surface area contributed by atoms with Gasteiger partial charge in [0.05, 0.1) is 11.9 Å². The van der Waals surface area contributed by atoms with Crippen LogP contribution in [0, 0.1) is 0 Å². The van der Waals surface area contributed by atoms with Crippen LogP contribution in [-0.4, -0.2) is 58.0 Å². The molecule has 1 fully saturated rings. The van der Waals surface area contributed by atoms with Gasteiger partial charge in [0, 0.05) is 42.5 Å². The van der Waals surface area contributed by atoms with E-state index in [9.17, 15) is 9.59 Å². The quantitative estimate of drug-likeness (QED) is 0.617. The van der Waals surface area contributed by atoms with Crippen LogP contribution in [0.25, 0.3) is 10.2 Å². The van der Waals surface area contributed by atoms with Crippen molar-refractivity contribution < 1.29 is 9.53 Å². The molecule has 1 atom stereocenters. The third kappa shape index (κ3) is 3.94. The molecule has 33 heavy (non-hydrogen) atoms. The number of rotatable bonds is 3. The lowest BCUT2D eigenvalue weighted by Gasteiger charge is -2.35. The fraction of sp³-hybridized carbons (Fsp3) is 0.458. The van der Waals surface area contributed by atoms with Gasteiger partial charge in [-0.25, -0.2) is 4.98 Å². The Balaban J connectivity index is 1.09. The summed E-state index contributed by atoms with van der Waals surface area (Å²) in [4.78, 5) is 39.9. The summed E-state index contributed by atoms with van der Waals surface area (Å²) in [5, 5.41) is 1.46. The third-order valence-corrected chi connectivity index (χ3v) is 8.32. The van der Waals surface area contributed by atoms with Crippen LogP contribution in [0.4, 0.5) is 0 Å². The average molecular weight is 485 g/mol. The van der Waals surface area contributed by atoms with Crippen molar-refractivity contribution in [3.63, 3.8) is 0 Å². The van der Waals surface area contributed by atoms with Crippen molar-refractivity contribution in [3.05, 3.63) is 55.4 Å². The monoisotopic (exact) mass is 484 g/mol. The summed E-state index contributed by atoms with van der Waals surface area (Å²) in [6, 6.07) is 5.49. The van der Waals surface area contributed by atoms with Crippen molar-refractivity contribution in [1.82, 2.24) is 19.8 Å². The Hall–Kier alpha value is -2.42. The van der Waals surface area contributed by atoms with Crippen LogP contribution in [-0.2, 0) is 30.6 Å². The number of ether oxygens (including phenoxy) is 1. The van der Waals surface area contributed by atoms with Crippen molar-refractivity contribution in [2.45, 2.75) is 44.8 Å². The number of fused-ring (bicyclic) bond motifs is 4. The summed E-state index contributed by atoms with van der Waals surface area (Å²) in [5.41, 5.74) is 2.19. The molecule has 1 saturated heterocycles. The van der Waals surface area contributed by atoms with Crippen molar-refractivity contribution in [3.8, 4) is 5.75 Å². The number of carbonyl (C=O) groups excluding carboxylic acids is 1. The van der Waals surface area contributed by atoms with Crippen molar-refractivity contribution in [2.75, 3.05) is 26.2 Å². The number of aromatic amines is 1. The topological polar surface area (TPSA) is 78.5 Å². The number of carbonyl (C=O) groups is 1. The number of nitrogens with one attached hydrogen (secondary N) is 1. The van der Waals surface area contributed by atoms with E-state index in [4.69, 9.17) is 21.3 Å². The maximum absolute atomic E-state index is 13.0. The fourth-order valence-corrected chi connectivity index (χ4v) is 6.66. The molecule has 0 saturated carbocycles. The van der Waals surface area contributed by atoms with E-state index in [1.165, 1.54) is 16.9 Å². The van der Waals surface area contributed by atoms with Gasteiger partial charge in [-0.15, -0.1) is 11.3 Å². The number of aryl methyl sites for hydroxylation is 2. The molecule has 3 aromatic rings. The Morgan fingerprint density at radius 1 is 1.21 bits per heavy atom. The van der Waals surface area contributed by atoms with E-state index in [1.54, 1.807) is 17.4 Å². The molecular formula is C24H25ClN4O3S. The largest absolute Gasteiger partial charge is 0.480 e. The van der Waals surface area contributed by atoms with Gasteiger partial charge in [0.25, 0.3) is 11.5 Å². The van der Waals surface area contributed by atoms with Gasteiger partial charge in [0.15, 0.2) is 6.10 Å². The van der Waals surface area contributed by atoms with E-state index in [0.29, 0.717) is 36.9 Å². The third-order valence-electron chi connectivity index (χ3n) is 6.90. The SMILES string of the molecule is O=C([C@@H]1Cc2cc(Cl)ccc2O1)N1CCN(Cc2nc3sc4c(c3c(=O)[nH]2)CCCC4)CC1. The Labute approximate surface area is 200 Å². The van der Waals surface area contributed by atoms with Gasteiger partial charge in [-0.1, -0.05) is 11.6 Å². The summed E-state index contributed by atoms with van der Waals surface area (Å²) in [6.45, 7) is 3.32. The molecule has 2 aromatic heterocycles. The maximum atomic E-state index is 13.0. The highest BCUT2D eigenvalue weighted by Crippen LogP contribution is 2.34. The van der Waals surface area contributed by atoms with Gasteiger partial charge >= 0.3 is 0 Å². The highest BCUT2D eigenvalue weighted by Gasteiger charge is 2.34. The van der Waals surface area contributed by atoms with Gasteiger partial charge in [-0.3, -0.25) is 14.5 Å². The molecular weight excluding hydrogens is 460 g/mol. The van der Waals surface area contributed by atoms with Gasteiger partial charge in [0.2, 0.25) is 0 Å². The van der Waals surface area contributed by atoms with E-state index < -0.39 is 6.10 Å². The van der Waals surface area contributed by atoms with Gasteiger partial charge in [0.1, 0.15) is 16.4 Å². The van der Waals surface area contributed by atoms with Gasteiger partial charge < -0.3 is 14.6 Å². The molecule has 0 spiro atoms. The van der Waals surface area contributed by atoms with E-state index in [1.807, 2.05) is 17.0 Å². The van der Waals surface area contributed by atoms with Crippen molar-refractivity contribution in [2.24, 2.45) is 0 Å². The summed E-state index contributed by atoms with van der Waals surface area (Å²) in [6.07, 6.45) is 4.47. The number of aromatic nitrogens is 2. The minimum absolute atomic E-state index is 0.0127. The Kier molecular flexibility index (Phi) is 5.39. The smallest absolute Gasteiger partial charge is 0.264 e. The van der Waals surface area contributed by atoms with Crippen LogP contribution >= 0.6 is 22.9 Å². The molecule has 1 aliphatic carbocycles. The first kappa shape index (κ1) is 21.1. The summed E-state index contributed by atoms with van der Waals surface area (Å²) in [7, 11) is 0. The number of nitrogens with zero attached hydrogens (tertiary/aromatic N) is 3. The first-order valence-corrected chi connectivity index (χ1v) is 12.7. The number of hydrogen-bond acceptors (Lipinski definition) is 6. The molecule has 0 unspecified atom stereocenters. The normalized spacial score (nSPS) is 20.5. The number of H-pyrrole nitrogens is 1. The number of hydrogen-bond donors (Lipinski definition) is 1. The zero-order valence-electron chi connectivity index (χ0n) is 18.2. The lowest BCUT2D eigenvalue weighted by atomic mass is 9.97. The molecule has 0 bridgehead atoms. The molecule has 0 radical (unpaired) electrons. The number of thiophene rings is 1. The molecule has 9 heteroatoms. The predicted molar refractivity (Wildman–Crippen MR) is 128 cm³/mol. The lowest BCUT2D eigenvalue weighted by molar-refractivity contribution is -0.139. The molecule has 6 rings (SSSR count). The highest BCUT2D eigenvalue weighted by atomic mass is 35.5. The lowest BCUT2D eigenvalue weighted by Crippen LogP contribution is -2.52. The minimum atomic E-state index is -0.477. The van der Waals surface area contributed by atoms with E-state index in [-0.39, 0.29) is 11.5 Å². The first-order chi connectivity index (χ1) is 16.0. The van der Waals surface area contributed by atoms with Crippen LogP contribution < -0.4 is 10.3 Å². The maximum Gasteiger partial charge on any atom is 0.264 e. The van der Waals surface area contributed by atoms with Crippen LogP contribution in [0.1, 0.15) is 34.7 Å². The molecule has 172 valence electrons. The highest BCUT2D eigenvalue weighted by molar-refractivity contribution is 7.18. The molecule has 1 N–H and O–H groups in total. The minimum Gasteiger partial charge on any atom is -0.480 e. The standard InChI is InChI=1S/C24H25ClN4O3S/c25-15-5-6-17-14(11-15)12-18(32-17)24(31)29-9-7-28(8-10-29)13-20-26-22(30)21-16-3-1-2-4-19(16)33-23(21)27-20/h5-6,11,18H,1-4,7-10,12-13H2,(H,26,27,30)/t18-/m0/s1. The predicted octanol–water partition coefficient (Wildman–Crippen LogP) is 3.16. The van der Waals surface area contributed by atoms with Gasteiger partial charge in [-0.05, 0) is 55.0 Å². The molecule has 1 amide bonds. The molecule has 3 aliphatic rings. The summed E-state index contributed by atoms with van der Waals surface area (Å²) < 4.78 is 5.88. The molecule has 1 aromatic carbocycles. The second kappa shape index (κ2) is 8.42. The number of amides is 1. The van der Waals surface area contributed by atoms with E-state index in [2.05, 4.69) is 9.88 Å². The summed E-state index contributed by atoms with van der Waals surface area (Å²) in [5.74, 6) is 1.48. The average Bonchev–Trinajstić information content (AvgIpc) is 3.40. The Bertz CT molecular complexity index is 1290. The summed E-state index contributed by atoms with van der Waals surface area (Å²) >= 11 is 7.75. The Morgan fingerprint density at radius 3 is 2.88 bits per heavy atom. The Morgan fingerprint density at radius 2 is 2.03 bits per heavy atom.